The van der Waals surface area contributed by atoms with Crippen LogP contribution < -0.4 is 5.43 Å². The minimum atomic E-state index is 0.0332. The Hall–Kier alpha value is -2.22. The van der Waals surface area contributed by atoms with Gasteiger partial charge in [-0.15, -0.1) is 0 Å². The van der Waals surface area contributed by atoms with E-state index in [0.29, 0.717) is 5.92 Å². The van der Waals surface area contributed by atoms with E-state index in [0.717, 1.165) is 36.9 Å². The van der Waals surface area contributed by atoms with E-state index >= 15 is 0 Å². The molecule has 0 aliphatic carbocycles. The van der Waals surface area contributed by atoms with Gasteiger partial charge in [0.2, 0.25) is 0 Å². The third-order valence-electron chi connectivity index (χ3n) is 3.73. The molecule has 4 heterocycles. The lowest BCUT2D eigenvalue weighted by Gasteiger charge is -2.28. The van der Waals surface area contributed by atoms with Gasteiger partial charge < -0.3 is 4.74 Å². The van der Waals surface area contributed by atoms with E-state index in [1.807, 2.05) is 11.9 Å². The van der Waals surface area contributed by atoms with E-state index < -0.39 is 0 Å². The zero-order valence-electron chi connectivity index (χ0n) is 11.1. The van der Waals surface area contributed by atoms with Crippen molar-refractivity contribution in [3.05, 3.63) is 18.4 Å². The van der Waals surface area contributed by atoms with Gasteiger partial charge >= 0.3 is 0 Å². The summed E-state index contributed by atoms with van der Waals surface area (Å²) in [5.41, 5.74) is 5.16. The smallest absolute Gasteiger partial charge is 0.184 e. The van der Waals surface area contributed by atoms with Crippen molar-refractivity contribution in [3.8, 4) is 0 Å². The third-order valence-corrected chi connectivity index (χ3v) is 3.73. The fraction of sp³-hybridized carbons (Fsp3) is 0.500. The summed E-state index contributed by atoms with van der Waals surface area (Å²) in [6, 6.07) is 0. The second-order valence-corrected chi connectivity index (χ2v) is 4.98. The molecule has 1 fully saturated rings. The molecule has 1 saturated heterocycles. The van der Waals surface area contributed by atoms with Gasteiger partial charge in [-0.2, -0.15) is 5.10 Å². The minimum absolute atomic E-state index is 0.0332. The Morgan fingerprint density at radius 3 is 3.15 bits per heavy atom. The number of hydrogen-bond donors (Lipinski definition) is 1. The fourth-order valence-electron chi connectivity index (χ4n) is 2.77. The molecular formula is C12H15N7O. The molecule has 0 aromatic carbocycles. The first-order chi connectivity index (χ1) is 9.84. The van der Waals surface area contributed by atoms with Crippen LogP contribution in [0.15, 0.2) is 28.3 Å². The molecule has 0 amide bonds. The predicted molar refractivity (Wildman–Crippen MR) is 72.5 cm³/mol. The average Bonchev–Trinajstić information content (AvgIpc) is 3.19. The zero-order chi connectivity index (χ0) is 13.5. The Kier molecular flexibility index (Phi) is 2.56. The third kappa shape index (κ3) is 1.64. The van der Waals surface area contributed by atoms with Gasteiger partial charge in [-0.05, 0) is 13.3 Å². The number of aromatic nitrogens is 3. The minimum Gasteiger partial charge on any atom is -0.381 e. The number of hydrazine groups is 1. The SMILES string of the molecule is CC1N=C([C@@H]2CCOC2)C2=C(n3cncn3)N=CNN21. The molecular weight excluding hydrogens is 258 g/mol. The van der Waals surface area contributed by atoms with E-state index in [4.69, 9.17) is 9.73 Å². The first-order valence-corrected chi connectivity index (χ1v) is 6.67. The summed E-state index contributed by atoms with van der Waals surface area (Å²) in [4.78, 5) is 13.2. The molecule has 0 saturated carbocycles. The molecule has 0 bridgehead atoms. The molecule has 4 rings (SSSR count). The Morgan fingerprint density at radius 2 is 2.40 bits per heavy atom. The zero-order valence-corrected chi connectivity index (χ0v) is 11.1. The van der Waals surface area contributed by atoms with Crippen molar-refractivity contribution >= 4 is 17.9 Å². The first-order valence-electron chi connectivity index (χ1n) is 6.67. The number of hydrogen-bond acceptors (Lipinski definition) is 7. The number of aliphatic imine (C=N–C) groups is 2. The number of nitrogens with one attached hydrogen (secondary N) is 1. The van der Waals surface area contributed by atoms with Gasteiger partial charge in [0, 0.05) is 12.5 Å². The highest BCUT2D eigenvalue weighted by Gasteiger charge is 2.38. The average molecular weight is 273 g/mol. The highest BCUT2D eigenvalue weighted by Crippen LogP contribution is 2.32. The summed E-state index contributed by atoms with van der Waals surface area (Å²) < 4.78 is 7.16. The lowest BCUT2D eigenvalue weighted by Crippen LogP contribution is -2.43. The normalized spacial score (nSPS) is 28.6. The van der Waals surface area contributed by atoms with Crippen LogP contribution in [0.1, 0.15) is 13.3 Å². The van der Waals surface area contributed by atoms with Crippen molar-refractivity contribution in [2.75, 3.05) is 13.2 Å². The Balaban J connectivity index is 1.82. The maximum Gasteiger partial charge on any atom is 0.184 e. The van der Waals surface area contributed by atoms with Crippen molar-refractivity contribution in [1.29, 1.82) is 0 Å². The van der Waals surface area contributed by atoms with Crippen molar-refractivity contribution in [3.63, 3.8) is 0 Å². The molecule has 1 aromatic rings. The summed E-state index contributed by atoms with van der Waals surface area (Å²) in [5.74, 6) is 1.07. The van der Waals surface area contributed by atoms with E-state index in [1.165, 1.54) is 6.33 Å². The fourth-order valence-corrected chi connectivity index (χ4v) is 2.77. The molecule has 8 nitrogen and oxygen atoms in total. The topological polar surface area (TPSA) is 79.9 Å². The Bertz CT molecular complexity index is 597. The van der Waals surface area contributed by atoms with Crippen LogP contribution in [0.3, 0.4) is 0 Å². The van der Waals surface area contributed by atoms with Gasteiger partial charge in [0.05, 0.1) is 12.3 Å². The molecule has 0 radical (unpaired) electrons. The summed E-state index contributed by atoms with van der Waals surface area (Å²) in [5, 5.41) is 6.19. The quantitative estimate of drug-likeness (QED) is 0.826. The highest BCUT2D eigenvalue weighted by molar-refractivity contribution is 6.07. The first kappa shape index (κ1) is 11.6. The maximum atomic E-state index is 5.49. The van der Waals surface area contributed by atoms with Crippen molar-refractivity contribution in [2.24, 2.45) is 15.9 Å². The number of allylic oxidation sites excluding steroid dienone is 1. The summed E-state index contributed by atoms with van der Waals surface area (Å²) in [7, 11) is 0. The number of nitrogens with zero attached hydrogens (tertiary/aromatic N) is 6. The van der Waals surface area contributed by atoms with E-state index in [-0.39, 0.29) is 6.17 Å². The van der Waals surface area contributed by atoms with Crippen LogP contribution in [0.2, 0.25) is 0 Å². The van der Waals surface area contributed by atoms with Crippen LogP contribution in [0.5, 0.6) is 0 Å². The van der Waals surface area contributed by atoms with Gasteiger partial charge in [-0.1, -0.05) is 0 Å². The van der Waals surface area contributed by atoms with Gasteiger partial charge in [0.15, 0.2) is 5.82 Å². The molecule has 1 N–H and O–H groups in total. The Labute approximate surface area is 115 Å². The lowest BCUT2D eigenvalue weighted by molar-refractivity contribution is 0.193. The van der Waals surface area contributed by atoms with Gasteiger partial charge in [0.1, 0.15) is 30.9 Å². The molecule has 0 spiro atoms. The maximum absolute atomic E-state index is 5.49. The Morgan fingerprint density at radius 1 is 1.45 bits per heavy atom. The standard InChI is InChI=1S/C12H15N7O/c1-8-17-10(9-2-3-20-4-9)11-12(14-6-16-19(8)11)18-7-13-5-15-18/h5-9H,2-4H2,1H3,(H,14,16)/t8?,9-/m1/s1. The van der Waals surface area contributed by atoms with Crippen molar-refractivity contribution in [2.45, 2.75) is 19.5 Å². The van der Waals surface area contributed by atoms with Crippen LogP contribution in [0.4, 0.5) is 0 Å². The monoisotopic (exact) mass is 273 g/mol. The predicted octanol–water partition coefficient (Wildman–Crippen LogP) is 0.0898. The summed E-state index contributed by atoms with van der Waals surface area (Å²) in [6.45, 7) is 3.56. The highest BCUT2D eigenvalue weighted by atomic mass is 16.5. The second-order valence-electron chi connectivity index (χ2n) is 4.98. The molecule has 20 heavy (non-hydrogen) atoms. The van der Waals surface area contributed by atoms with Crippen LogP contribution in [0, 0.1) is 5.92 Å². The van der Waals surface area contributed by atoms with E-state index in [9.17, 15) is 0 Å². The van der Waals surface area contributed by atoms with E-state index in [2.05, 4.69) is 20.5 Å². The lowest BCUT2D eigenvalue weighted by atomic mass is 10.00. The molecule has 3 aliphatic rings. The van der Waals surface area contributed by atoms with Gasteiger partial charge in [-0.3, -0.25) is 15.4 Å². The molecule has 8 heteroatoms. The van der Waals surface area contributed by atoms with E-state index in [1.54, 1.807) is 17.3 Å². The molecule has 2 atom stereocenters. The van der Waals surface area contributed by atoms with Gasteiger partial charge in [0.25, 0.3) is 0 Å². The van der Waals surface area contributed by atoms with Crippen molar-refractivity contribution < 1.29 is 4.74 Å². The van der Waals surface area contributed by atoms with Crippen LogP contribution >= 0.6 is 0 Å². The van der Waals surface area contributed by atoms with Crippen LogP contribution in [-0.4, -0.2) is 51.2 Å². The van der Waals surface area contributed by atoms with Crippen LogP contribution in [-0.2, 0) is 4.74 Å². The number of rotatable bonds is 2. The summed E-state index contributed by atoms with van der Waals surface area (Å²) in [6.07, 6.45) is 5.83. The van der Waals surface area contributed by atoms with Gasteiger partial charge in [-0.25, -0.2) is 14.7 Å². The molecule has 104 valence electrons. The number of ether oxygens (including phenoxy) is 1. The van der Waals surface area contributed by atoms with Crippen LogP contribution in [0.25, 0.3) is 5.82 Å². The second kappa shape index (κ2) is 4.41. The van der Waals surface area contributed by atoms with Crippen molar-refractivity contribution in [1.82, 2.24) is 25.2 Å². The molecule has 1 aromatic heterocycles. The molecule has 1 unspecified atom stereocenters. The molecule has 3 aliphatic heterocycles. The largest absolute Gasteiger partial charge is 0.381 e. The number of fused-ring (bicyclic) bond motifs is 1. The summed E-state index contributed by atoms with van der Waals surface area (Å²) >= 11 is 0.